The Morgan fingerprint density at radius 3 is 2.37 bits per heavy atom. The molecule has 43 heavy (non-hydrogen) atoms. The van der Waals surface area contributed by atoms with Gasteiger partial charge >= 0.3 is 6.03 Å². The zero-order chi connectivity index (χ0) is 31.2. The van der Waals surface area contributed by atoms with E-state index in [1.807, 2.05) is 37.2 Å². The number of aromatic nitrogens is 1. The molecule has 2 atom stereocenters. The summed E-state index contributed by atoms with van der Waals surface area (Å²) in [6, 6.07) is 5.59. The summed E-state index contributed by atoms with van der Waals surface area (Å²) in [5.74, 6) is -0.985. The monoisotopic (exact) mass is 631 g/mol. The van der Waals surface area contributed by atoms with Gasteiger partial charge in [0, 0.05) is 60.0 Å². The lowest BCUT2D eigenvalue weighted by molar-refractivity contribution is 0.0949. The number of nitrogens with zero attached hydrogens (tertiary/aromatic N) is 3. The fourth-order valence-electron chi connectivity index (χ4n) is 5.90. The van der Waals surface area contributed by atoms with Crippen molar-refractivity contribution in [3.05, 3.63) is 67.7 Å². The number of methoxy groups -OCH3 is 1. The Hall–Kier alpha value is -3.50. The standard InChI is InChI=1S/C31H36Cl2FN5O4/c1-16(2)36-31(42)39-17(3)13-37(14-18(39)4)27-25(34)11-22-26(29(27)43-5)38(21-8-9-21)15-23(28(22)40)30(41)35-12-19-6-7-20(32)10-24(19)33/h6-7,10-11,15-18,21H,8-9,12-14H2,1-5H3,(H,35,41)(H,36,42)/t17-,18+. The predicted octanol–water partition coefficient (Wildman–Crippen LogP) is 5.74. The molecule has 3 amide bonds. The maximum atomic E-state index is 16.1. The third-order valence-electron chi connectivity index (χ3n) is 7.92. The first-order chi connectivity index (χ1) is 20.4. The summed E-state index contributed by atoms with van der Waals surface area (Å²) in [6.07, 6.45) is 3.25. The smallest absolute Gasteiger partial charge is 0.318 e. The lowest BCUT2D eigenvalue weighted by atomic mass is 10.0. The van der Waals surface area contributed by atoms with Gasteiger partial charge in [-0.15, -0.1) is 0 Å². The molecule has 12 heteroatoms. The van der Waals surface area contributed by atoms with Crippen molar-refractivity contribution in [3.8, 4) is 5.75 Å². The largest absolute Gasteiger partial charge is 0.492 e. The molecule has 0 spiro atoms. The number of fused-ring (bicyclic) bond motifs is 1. The van der Waals surface area contributed by atoms with Crippen molar-refractivity contribution < 1.29 is 18.7 Å². The van der Waals surface area contributed by atoms with Crippen LogP contribution < -0.4 is 25.7 Å². The first-order valence-electron chi connectivity index (χ1n) is 14.4. The molecule has 1 aliphatic heterocycles. The molecule has 5 rings (SSSR count). The van der Waals surface area contributed by atoms with Crippen LogP contribution >= 0.6 is 23.2 Å². The summed E-state index contributed by atoms with van der Waals surface area (Å²) in [7, 11) is 1.45. The quantitative estimate of drug-likeness (QED) is 0.347. The Bertz CT molecular complexity index is 1630. The average Bonchev–Trinajstić information content (AvgIpc) is 3.77. The summed E-state index contributed by atoms with van der Waals surface area (Å²) < 4.78 is 23.7. The van der Waals surface area contributed by atoms with E-state index >= 15 is 4.39 Å². The molecule has 1 aromatic heterocycles. The van der Waals surface area contributed by atoms with Crippen LogP contribution in [0.1, 0.15) is 62.5 Å². The van der Waals surface area contributed by atoms with Gasteiger partial charge in [0.2, 0.25) is 5.43 Å². The van der Waals surface area contributed by atoms with Crippen molar-refractivity contribution >= 4 is 51.7 Å². The molecule has 0 unspecified atom stereocenters. The minimum absolute atomic E-state index is 0.00989. The second-order valence-corrected chi connectivity index (χ2v) is 12.5. The maximum Gasteiger partial charge on any atom is 0.318 e. The number of rotatable bonds is 7. The molecule has 2 aromatic carbocycles. The van der Waals surface area contributed by atoms with Crippen LogP contribution in [0.25, 0.3) is 10.9 Å². The number of hydrogen-bond donors (Lipinski definition) is 2. The number of urea groups is 1. The van der Waals surface area contributed by atoms with Gasteiger partial charge in [0.15, 0.2) is 11.6 Å². The zero-order valence-corrected chi connectivity index (χ0v) is 26.4. The highest BCUT2D eigenvalue weighted by atomic mass is 35.5. The molecule has 2 aliphatic rings. The molecule has 0 radical (unpaired) electrons. The van der Waals surface area contributed by atoms with Crippen LogP contribution in [0.5, 0.6) is 5.75 Å². The molecule has 1 aliphatic carbocycles. The van der Waals surface area contributed by atoms with Crippen LogP contribution in [-0.4, -0.2) is 59.7 Å². The SMILES string of the molecule is COc1c(N2C[C@@H](C)N(C(=O)NC(C)C)[C@@H](C)C2)c(F)cc2c(=O)c(C(=O)NCc3ccc(Cl)cc3Cl)cn(C3CC3)c12. The van der Waals surface area contributed by atoms with Crippen LogP contribution in [0.3, 0.4) is 0 Å². The van der Waals surface area contributed by atoms with Gasteiger partial charge in [-0.2, -0.15) is 0 Å². The Balaban J connectivity index is 1.52. The molecule has 3 aromatic rings. The molecule has 1 saturated carbocycles. The minimum atomic E-state index is -0.631. The fraction of sp³-hybridized carbons (Fsp3) is 0.452. The van der Waals surface area contributed by atoms with Crippen molar-refractivity contribution in [2.75, 3.05) is 25.1 Å². The molecule has 2 fully saturated rings. The predicted molar refractivity (Wildman–Crippen MR) is 167 cm³/mol. The number of carbonyl (C=O) groups is 2. The van der Waals surface area contributed by atoms with Crippen LogP contribution in [0.2, 0.25) is 10.0 Å². The van der Waals surface area contributed by atoms with E-state index in [1.54, 1.807) is 29.3 Å². The highest BCUT2D eigenvalue weighted by Crippen LogP contribution is 2.44. The summed E-state index contributed by atoms with van der Waals surface area (Å²) in [5, 5.41) is 6.64. The molecule has 0 bridgehead atoms. The van der Waals surface area contributed by atoms with Gasteiger partial charge in [0.1, 0.15) is 11.3 Å². The highest BCUT2D eigenvalue weighted by molar-refractivity contribution is 6.35. The molecular formula is C31H36Cl2FN5O4. The summed E-state index contributed by atoms with van der Waals surface area (Å²) in [5.41, 5.74) is 0.647. The number of halogens is 3. The molecule has 230 valence electrons. The van der Waals surface area contributed by atoms with Gasteiger partial charge in [0.25, 0.3) is 5.91 Å². The van der Waals surface area contributed by atoms with E-state index in [9.17, 15) is 14.4 Å². The number of piperazine rings is 1. The molecule has 9 nitrogen and oxygen atoms in total. The van der Waals surface area contributed by atoms with E-state index in [2.05, 4.69) is 10.6 Å². The van der Waals surface area contributed by atoms with E-state index in [4.69, 9.17) is 27.9 Å². The van der Waals surface area contributed by atoms with Crippen molar-refractivity contribution in [2.24, 2.45) is 0 Å². The average molecular weight is 633 g/mol. The van der Waals surface area contributed by atoms with E-state index in [0.29, 0.717) is 34.2 Å². The van der Waals surface area contributed by atoms with Gasteiger partial charge in [-0.05, 0) is 64.3 Å². The van der Waals surface area contributed by atoms with E-state index in [1.165, 1.54) is 13.2 Å². The number of hydrogen-bond acceptors (Lipinski definition) is 5. The summed E-state index contributed by atoms with van der Waals surface area (Å²) in [6.45, 7) is 8.49. The van der Waals surface area contributed by atoms with Crippen molar-refractivity contribution in [1.82, 2.24) is 20.1 Å². The number of benzene rings is 2. The first-order valence-corrected chi connectivity index (χ1v) is 15.2. The Morgan fingerprint density at radius 1 is 1.12 bits per heavy atom. The van der Waals surface area contributed by atoms with Crippen LogP contribution in [-0.2, 0) is 6.54 Å². The fourth-order valence-corrected chi connectivity index (χ4v) is 6.37. The van der Waals surface area contributed by atoms with Crippen LogP contribution in [0.15, 0.2) is 35.3 Å². The molecule has 2 heterocycles. The molecule has 1 saturated heterocycles. The number of nitrogens with one attached hydrogen (secondary N) is 2. The van der Waals surface area contributed by atoms with Gasteiger partial charge < -0.3 is 29.7 Å². The Kier molecular flexibility index (Phi) is 8.81. The topological polar surface area (TPSA) is 95.9 Å². The van der Waals surface area contributed by atoms with Crippen LogP contribution in [0.4, 0.5) is 14.9 Å². The third-order valence-corrected chi connectivity index (χ3v) is 8.51. The molecular weight excluding hydrogens is 596 g/mol. The van der Waals surface area contributed by atoms with Gasteiger partial charge in [0.05, 0.1) is 18.0 Å². The Morgan fingerprint density at radius 2 is 1.79 bits per heavy atom. The maximum absolute atomic E-state index is 16.1. The lowest BCUT2D eigenvalue weighted by Gasteiger charge is -2.45. The van der Waals surface area contributed by atoms with Crippen molar-refractivity contribution in [1.29, 1.82) is 0 Å². The second kappa shape index (κ2) is 12.2. The first kappa shape index (κ1) is 30.9. The van der Waals surface area contributed by atoms with E-state index in [0.717, 1.165) is 12.8 Å². The second-order valence-electron chi connectivity index (χ2n) is 11.7. The molecule has 2 N–H and O–H groups in total. The van der Waals surface area contributed by atoms with Gasteiger partial charge in [-0.3, -0.25) is 9.59 Å². The lowest BCUT2D eigenvalue weighted by Crippen LogP contribution is -2.61. The number of carbonyl (C=O) groups excluding carboxylic acids is 2. The summed E-state index contributed by atoms with van der Waals surface area (Å²) in [4.78, 5) is 43.5. The zero-order valence-electron chi connectivity index (χ0n) is 24.8. The van der Waals surface area contributed by atoms with E-state index < -0.39 is 17.2 Å². The third kappa shape index (κ3) is 6.13. The normalized spacial score (nSPS) is 18.7. The van der Waals surface area contributed by atoms with Gasteiger partial charge in [-0.25, -0.2) is 9.18 Å². The number of ether oxygens (including phenoxy) is 1. The van der Waals surface area contributed by atoms with Crippen molar-refractivity contribution in [3.63, 3.8) is 0 Å². The number of anilines is 1. The Labute approximate surface area is 259 Å². The highest BCUT2D eigenvalue weighted by Gasteiger charge is 2.37. The number of amides is 3. The minimum Gasteiger partial charge on any atom is -0.492 e. The van der Waals surface area contributed by atoms with Gasteiger partial charge in [-0.1, -0.05) is 29.3 Å². The number of pyridine rings is 1. The van der Waals surface area contributed by atoms with E-state index in [-0.39, 0.29) is 59.1 Å². The van der Waals surface area contributed by atoms with Crippen LogP contribution in [0, 0.1) is 5.82 Å². The van der Waals surface area contributed by atoms with Crippen molar-refractivity contribution in [2.45, 2.75) is 71.2 Å². The summed E-state index contributed by atoms with van der Waals surface area (Å²) >= 11 is 12.2.